The number of hydrogen-bond acceptors (Lipinski definition) is 4. The first-order valence-corrected chi connectivity index (χ1v) is 13.9. The number of thiophene rings is 2. The van der Waals surface area contributed by atoms with Gasteiger partial charge in [0.25, 0.3) is 5.70 Å². The fourth-order valence-corrected chi connectivity index (χ4v) is 7.18. The van der Waals surface area contributed by atoms with Gasteiger partial charge in [-0.15, -0.1) is 22.7 Å². The van der Waals surface area contributed by atoms with Crippen molar-refractivity contribution in [3.8, 4) is 20.2 Å². The van der Waals surface area contributed by atoms with Gasteiger partial charge >= 0.3 is 5.97 Å². The standard InChI is InChI=1S/C30H30N2O2S2/c1-29(2)13-15-32-16-14-30(3,4)22-18-19(17-21(29)27(22)32)24-11-12-26(36-24)25-10-9-20(35-25)7-6-8-23(31-5)28(33)34/h6-12,17-18H,13-16H2,1-4H3,(H,33,34). The zero-order chi connectivity index (χ0) is 25.7. The third-order valence-corrected chi connectivity index (χ3v) is 9.89. The molecule has 2 aliphatic heterocycles. The Bertz CT molecular complexity index is 1400. The van der Waals surface area contributed by atoms with Crippen molar-refractivity contribution in [1.29, 1.82) is 0 Å². The van der Waals surface area contributed by atoms with Gasteiger partial charge in [0.1, 0.15) is 0 Å². The summed E-state index contributed by atoms with van der Waals surface area (Å²) in [5, 5.41) is 8.98. The topological polar surface area (TPSA) is 44.9 Å². The summed E-state index contributed by atoms with van der Waals surface area (Å²) in [7, 11) is 0. The number of nitrogens with zero attached hydrogens (tertiary/aromatic N) is 2. The quantitative estimate of drug-likeness (QED) is 0.212. The molecule has 5 rings (SSSR count). The molecule has 0 atom stereocenters. The predicted octanol–water partition coefficient (Wildman–Crippen LogP) is 8.21. The Hall–Kier alpha value is -3.14. The highest BCUT2D eigenvalue weighted by Crippen LogP contribution is 2.51. The number of carboxylic acids is 1. The van der Waals surface area contributed by atoms with Gasteiger partial charge in [0.05, 0.1) is 6.57 Å². The third-order valence-electron chi connectivity index (χ3n) is 7.51. The lowest BCUT2D eigenvalue weighted by molar-refractivity contribution is -0.132. The minimum atomic E-state index is -1.21. The Morgan fingerprint density at radius 2 is 1.56 bits per heavy atom. The Balaban J connectivity index is 1.47. The van der Waals surface area contributed by atoms with Crippen LogP contribution in [-0.2, 0) is 15.6 Å². The maximum absolute atomic E-state index is 11.0. The van der Waals surface area contributed by atoms with E-state index in [-0.39, 0.29) is 16.5 Å². The highest BCUT2D eigenvalue weighted by atomic mass is 32.1. The fraction of sp³-hybridized carbons (Fsp3) is 0.333. The van der Waals surface area contributed by atoms with Gasteiger partial charge in [-0.3, -0.25) is 4.79 Å². The number of hydrogen-bond donors (Lipinski definition) is 1. The normalized spacial score (nSPS) is 18.2. The maximum atomic E-state index is 11.0. The molecule has 0 bridgehead atoms. The summed E-state index contributed by atoms with van der Waals surface area (Å²) >= 11 is 3.49. The molecule has 0 saturated carbocycles. The van der Waals surface area contributed by atoms with Gasteiger partial charge in [0, 0.05) is 38.3 Å². The van der Waals surface area contributed by atoms with Gasteiger partial charge in [-0.2, -0.15) is 0 Å². The van der Waals surface area contributed by atoms with Crippen molar-refractivity contribution < 1.29 is 9.90 Å². The molecule has 0 spiro atoms. The Kier molecular flexibility index (Phi) is 6.18. The summed E-state index contributed by atoms with van der Waals surface area (Å²) in [5.41, 5.74) is 5.82. The molecular formula is C30H30N2O2S2. The van der Waals surface area contributed by atoms with Crippen LogP contribution in [-0.4, -0.2) is 24.2 Å². The molecular weight excluding hydrogens is 484 g/mol. The number of allylic oxidation sites excluding steroid dienone is 2. The molecule has 1 aromatic carbocycles. The summed E-state index contributed by atoms with van der Waals surface area (Å²) in [6.07, 6.45) is 7.18. The van der Waals surface area contributed by atoms with E-state index >= 15 is 0 Å². The monoisotopic (exact) mass is 514 g/mol. The molecule has 184 valence electrons. The third kappa shape index (κ3) is 4.42. The SMILES string of the molecule is [C-]#[N+]C(=CC=Cc1ccc(-c2ccc(-c3cc4c5c(c3)C(C)(C)CCN5CCC4(C)C)s2)s1)C(=O)O. The lowest BCUT2D eigenvalue weighted by Crippen LogP contribution is -2.44. The van der Waals surface area contributed by atoms with E-state index in [2.05, 4.69) is 67.8 Å². The van der Waals surface area contributed by atoms with Crippen LogP contribution >= 0.6 is 22.7 Å². The number of rotatable bonds is 5. The molecule has 0 saturated heterocycles. The molecule has 3 aromatic rings. The summed E-state index contributed by atoms with van der Waals surface area (Å²) in [4.78, 5) is 21.3. The van der Waals surface area contributed by atoms with Gasteiger partial charge in [-0.05, 0) is 88.9 Å². The summed E-state index contributed by atoms with van der Waals surface area (Å²) in [5.74, 6) is -1.21. The first-order chi connectivity index (χ1) is 17.1. The highest BCUT2D eigenvalue weighted by Gasteiger charge is 2.40. The largest absolute Gasteiger partial charge is 0.486 e. The van der Waals surface area contributed by atoms with E-state index in [1.165, 1.54) is 55.9 Å². The Morgan fingerprint density at radius 3 is 2.17 bits per heavy atom. The Morgan fingerprint density at radius 1 is 0.972 bits per heavy atom. The van der Waals surface area contributed by atoms with Crippen LogP contribution < -0.4 is 4.90 Å². The average molecular weight is 515 g/mol. The van der Waals surface area contributed by atoms with Gasteiger partial charge in [-0.1, -0.05) is 33.8 Å². The number of aliphatic carboxylic acids is 1. The van der Waals surface area contributed by atoms with Crippen LogP contribution in [0.2, 0.25) is 0 Å². The van der Waals surface area contributed by atoms with Crippen LogP contribution in [0.15, 0.2) is 54.2 Å². The van der Waals surface area contributed by atoms with E-state index in [1.54, 1.807) is 17.4 Å². The van der Waals surface area contributed by atoms with Crippen LogP contribution in [0, 0.1) is 6.57 Å². The van der Waals surface area contributed by atoms with E-state index in [1.807, 2.05) is 23.5 Å². The first kappa shape index (κ1) is 24.5. The molecule has 4 heterocycles. The molecule has 1 N–H and O–H groups in total. The van der Waals surface area contributed by atoms with Gasteiger partial charge in [0.15, 0.2) is 0 Å². The van der Waals surface area contributed by atoms with E-state index in [0.717, 1.165) is 18.0 Å². The van der Waals surface area contributed by atoms with Gasteiger partial charge in [0.2, 0.25) is 0 Å². The van der Waals surface area contributed by atoms with Crippen molar-refractivity contribution in [2.24, 2.45) is 0 Å². The second-order valence-electron chi connectivity index (χ2n) is 10.9. The molecule has 36 heavy (non-hydrogen) atoms. The second-order valence-corrected chi connectivity index (χ2v) is 13.1. The van der Waals surface area contributed by atoms with E-state index in [9.17, 15) is 4.79 Å². The molecule has 2 aliphatic rings. The van der Waals surface area contributed by atoms with Gasteiger partial charge < -0.3 is 10.0 Å². The van der Waals surface area contributed by atoms with Crippen molar-refractivity contribution in [2.75, 3.05) is 18.0 Å². The van der Waals surface area contributed by atoms with Crippen molar-refractivity contribution in [3.05, 3.63) is 81.7 Å². The van der Waals surface area contributed by atoms with E-state index in [4.69, 9.17) is 11.7 Å². The number of anilines is 1. The average Bonchev–Trinajstić information content (AvgIpc) is 3.50. The second kappa shape index (κ2) is 9.06. The van der Waals surface area contributed by atoms with Crippen LogP contribution in [0.5, 0.6) is 0 Å². The lowest BCUT2D eigenvalue weighted by atomic mass is 9.69. The Labute approximate surface area is 221 Å². The molecule has 2 aromatic heterocycles. The van der Waals surface area contributed by atoms with Crippen LogP contribution in [0.1, 0.15) is 56.5 Å². The molecule has 0 aliphatic carbocycles. The zero-order valence-corrected chi connectivity index (χ0v) is 22.7. The lowest BCUT2D eigenvalue weighted by Gasteiger charge is -2.48. The smallest absolute Gasteiger partial charge is 0.333 e. The van der Waals surface area contributed by atoms with E-state index < -0.39 is 5.97 Å². The first-order valence-electron chi connectivity index (χ1n) is 12.2. The number of carbonyl (C=O) groups is 1. The van der Waals surface area contributed by atoms with Gasteiger partial charge in [-0.25, -0.2) is 4.85 Å². The highest BCUT2D eigenvalue weighted by molar-refractivity contribution is 7.24. The van der Waals surface area contributed by atoms with Crippen molar-refractivity contribution in [3.63, 3.8) is 0 Å². The minimum Gasteiger partial charge on any atom is -0.486 e. The van der Waals surface area contributed by atoms with Crippen LogP contribution in [0.25, 0.3) is 31.1 Å². The number of benzene rings is 1. The van der Waals surface area contributed by atoms with E-state index in [0.29, 0.717) is 0 Å². The number of carboxylic acid groups (broad SMARTS) is 1. The van der Waals surface area contributed by atoms with Crippen molar-refractivity contribution >= 4 is 40.4 Å². The molecule has 0 amide bonds. The summed E-state index contributed by atoms with van der Waals surface area (Å²) < 4.78 is 0. The molecule has 6 heteroatoms. The van der Waals surface area contributed by atoms with Crippen molar-refractivity contribution in [1.82, 2.24) is 0 Å². The van der Waals surface area contributed by atoms with Crippen molar-refractivity contribution in [2.45, 2.75) is 51.4 Å². The summed E-state index contributed by atoms with van der Waals surface area (Å²) in [6, 6.07) is 13.5. The minimum absolute atomic E-state index is 0.168. The molecule has 4 nitrogen and oxygen atoms in total. The maximum Gasteiger partial charge on any atom is 0.333 e. The molecule has 0 radical (unpaired) electrons. The molecule has 0 unspecified atom stereocenters. The predicted molar refractivity (Wildman–Crippen MR) is 152 cm³/mol. The fourth-order valence-electron chi connectivity index (χ4n) is 5.17. The van der Waals surface area contributed by atoms with Crippen LogP contribution in [0.4, 0.5) is 5.69 Å². The van der Waals surface area contributed by atoms with Crippen LogP contribution in [0.3, 0.4) is 0 Å². The summed E-state index contributed by atoms with van der Waals surface area (Å²) in [6.45, 7) is 18.8. The zero-order valence-electron chi connectivity index (χ0n) is 21.1. The molecule has 0 fully saturated rings.